The van der Waals surface area contributed by atoms with Gasteiger partial charge in [-0.1, -0.05) is 85.6 Å². The summed E-state index contributed by atoms with van der Waals surface area (Å²) in [5, 5.41) is 11.9. The molecule has 7 heteroatoms. The normalized spacial score (nSPS) is 14.1. The average molecular weight is 493 g/mol. The van der Waals surface area contributed by atoms with Gasteiger partial charge in [0.25, 0.3) is 5.56 Å². The molecule has 0 unspecified atom stereocenters. The molecule has 7 nitrogen and oxygen atoms in total. The quantitative estimate of drug-likeness (QED) is 0.258. The lowest BCUT2D eigenvalue weighted by atomic mass is 10.0. The van der Waals surface area contributed by atoms with Crippen molar-refractivity contribution in [1.29, 1.82) is 5.41 Å². The number of nitrogens with one attached hydrogen (secondary N) is 2. The third-order valence-corrected chi connectivity index (χ3v) is 7.02. The SMILES string of the molecule is Cn1c(=O)c(C(=NCc2ccc(-c3ccccc3)cc2)Nc2ccccc2)c(N)n(C2CCCC2)c1=N. The lowest BCUT2D eigenvalue weighted by Crippen LogP contribution is -2.44. The molecule has 0 spiro atoms. The summed E-state index contributed by atoms with van der Waals surface area (Å²) >= 11 is 0. The fraction of sp³-hybridized carbons (Fsp3) is 0.233. The zero-order chi connectivity index (χ0) is 25.8. The molecule has 0 bridgehead atoms. The van der Waals surface area contributed by atoms with E-state index in [1.165, 1.54) is 4.57 Å². The Morgan fingerprint density at radius 2 is 1.54 bits per heavy atom. The van der Waals surface area contributed by atoms with E-state index in [4.69, 9.17) is 16.1 Å². The van der Waals surface area contributed by atoms with E-state index in [1.807, 2.05) is 48.5 Å². The second kappa shape index (κ2) is 10.7. The van der Waals surface area contributed by atoms with Crippen LogP contribution in [0.4, 0.5) is 11.5 Å². The third kappa shape index (κ3) is 5.11. The number of hydrogen-bond acceptors (Lipinski definition) is 4. The van der Waals surface area contributed by atoms with Crippen LogP contribution in [0, 0.1) is 5.41 Å². The standard InChI is InChI=1S/C30H32N6O/c1-35-29(37)26(27(31)36(30(35)32)25-14-8-9-15-25)28(34-24-12-6-3-7-13-24)33-20-21-16-18-23(19-17-21)22-10-4-2-5-11-22/h2-7,10-13,16-19,25,32H,8-9,14-15,20,31H2,1H3,(H,33,34). The lowest BCUT2D eigenvalue weighted by Gasteiger charge is -2.22. The minimum Gasteiger partial charge on any atom is -0.384 e. The van der Waals surface area contributed by atoms with Crippen molar-refractivity contribution in [3.63, 3.8) is 0 Å². The first-order chi connectivity index (χ1) is 18.0. The topological polar surface area (TPSA) is 101 Å². The summed E-state index contributed by atoms with van der Waals surface area (Å²) < 4.78 is 3.17. The molecule has 37 heavy (non-hydrogen) atoms. The van der Waals surface area contributed by atoms with Gasteiger partial charge in [0.2, 0.25) is 5.62 Å². The predicted octanol–water partition coefficient (Wildman–Crippen LogP) is 5.09. The van der Waals surface area contributed by atoms with Crippen molar-refractivity contribution < 1.29 is 0 Å². The van der Waals surface area contributed by atoms with Crippen molar-refractivity contribution in [2.24, 2.45) is 12.0 Å². The number of rotatable bonds is 6. The number of nitrogens with zero attached hydrogens (tertiary/aromatic N) is 3. The minimum absolute atomic E-state index is 0.113. The number of nitrogens with two attached hydrogens (primary N) is 1. The van der Waals surface area contributed by atoms with Crippen LogP contribution in [0.15, 0.2) is 94.7 Å². The summed E-state index contributed by atoms with van der Waals surface area (Å²) in [5.74, 6) is 0.699. The first kappa shape index (κ1) is 24.3. The Labute approximate surface area is 216 Å². The second-order valence-electron chi connectivity index (χ2n) is 9.48. The molecule has 0 saturated heterocycles. The summed E-state index contributed by atoms with van der Waals surface area (Å²) in [6, 6.07) is 28.3. The molecule has 3 aromatic carbocycles. The molecule has 1 aliphatic rings. The second-order valence-corrected chi connectivity index (χ2v) is 9.48. The summed E-state index contributed by atoms with van der Waals surface area (Å²) in [6.45, 7) is 0.374. The van der Waals surface area contributed by atoms with Crippen molar-refractivity contribution in [3.05, 3.63) is 112 Å². The Kier molecular flexibility index (Phi) is 7.03. The van der Waals surface area contributed by atoms with Crippen LogP contribution in [0.1, 0.15) is 42.9 Å². The number of aliphatic imine (C=N–C) groups is 1. The Balaban J connectivity index is 1.55. The molecule has 1 heterocycles. The van der Waals surface area contributed by atoms with Gasteiger partial charge in [0, 0.05) is 18.8 Å². The molecule has 188 valence electrons. The van der Waals surface area contributed by atoms with E-state index in [0.717, 1.165) is 48.1 Å². The number of anilines is 2. The molecule has 4 N–H and O–H groups in total. The van der Waals surface area contributed by atoms with Crippen molar-refractivity contribution in [1.82, 2.24) is 9.13 Å². The van der Waals surface area contributed by atoms with Crippen molar-refractivity contribution in [3.8, 4) is 11.1 Å². The van der Waals surface area contributed by atoms with E-state index in [1.54, 1.807) is 11.6 Å². The molecule has 1 fully saturated rings. The first-order valence-corrected chi connectivity index (χ1v) is 12.7. The predicted molar refractivity (Wildman–Crippen MR) is 150 cm³/mol. The molecule has 1 aliphatic carbocycles. The Morgan fingerprint density at radius 1 is 0.946 bits per heavy atom. The van der Waals surface area contributed by atoms with Gasteiger partial charge in [0.05, 0.1) is 6.54 Å². The minimum atomic E-state index is -0.335. The summed E-state index contributed by atoms with van der Waals surface area (Å²) in [7, 11) is 1.63. The fourth-order valence-corrected chi connectivity index (χ4v) is 4.97. The number of amidine groups is 1. The van der Waals surface area contributed by atoms with Gasteiger partial charge in [-0.15, -0.1) is 0 Å². The number of para-hydroxylation sites is 1. The molecule has 0 atom stereocenters. The van der Waals surface area contributed by atoms with Crippen LogP contribution in [0.5, 0.6) is 0 Å². The van der Waals surface area contributed by atoms with Crippen molar-refractivity contribution >= 4 is 17.3 Å². The van der Waals surface area contributed by atoms with Gasteiger partial charge in [-0.05, 0) is 41.7 Å². The molecule has 0 amide bonds. The highest BCUT2D eigenvalue weighted by Crippen LogP contribution is 2.30. The van der Waals surface area contributed by atoms with E-state index in [-0.39, 0.29) is 17.2 Å². The zero-order valence-electron chi connectivity index (χ0n) is 21.0. The van der Waals surface area contributed by atoms with Crippen LogP contribution in [-0.2, 0) is 13.6 Å². The average Bonchev–Trinajstić information content (AvgIpc) is 3.46. The van der Waals surface area contributed by atoms with Crippen LogP contribution < -0.4 is 22.2 Å². The van der Waals surface area contributed by atoms with Crippen molar-refractivity contribution in [2.75, 3.05) is 11.1 Å². The molecular formula is C30H32N6O. The Hall–Kier alpha value is -4.39. The van der Waals surface area contributed by atoms with Crippen LogP contribution in [0.2, 0.25) is 0 Å². The van der Waals surface area contributed by atoms with E-state index in [0.29, 0.717) is 23.8 Å². The lowest BCUT2D eigenvalue weighted by molar-refractivity contribution is 0.467. The van der Waals surface area contributed by atoms with Crippen LogP contribution in [-0.4, -0.2) is 15.0 Å². The number of hydrogen-bond donors (Lipinski definition) is 3. The molecular weight excluding hydrogens is 460 g/mol. The highest BCUT2D eigenvalue weighted by atomic mass is 16.1. The van der Waals surface area contributed by atoms with Gasteiger partial charge in [-0.25, -0.2) is 0 Å². The smallest absolute Gasteiger partial charge is 0.267 e. The zero-order valence-corrected chi connectivity index (χ0v) is 21.0. The Morgan fingerprint density at radius 3 is 2.19 bits per heavy atom. The molecule has 0 aliphatic heterocycles. The van der Waals surface area contributed by atoms with E-state index in [9.17, 15) is 4.79 Å². The van der Waals surface area contributed by atoms with Gasteiger partial charge in [0.1, 0.15) is 17.2 Å². The number of aromatic nitrogens is 2. The highest BCUT2D eigenvalue weighted by Gasteiger charge is 2.25. The fourth-order valence-electron chi connectivity index (χ4n) is 4.97. The molecule has 1 saturated carbocycles. The van der Waals surface area contributed by atoms with Crippen LogP contribution in [0.3, 0.4) is 0 Å². The molecule has 5 rings (SSSR count). The highest BCUT2D eigenvalue weighted by molar-refractivity contribution is 6.10. The molecule has 4 aromatic rings. The first-order valence-electron chi connectivity index (χ1n) is 12.7. The maximum absolute atomic E-state index is 13.5. The summed E-state index contributed by atoms with van der Waals surface area (Å²) in [4.78, 5) is 18.3. The van der Waals surface area contributed by atoms with Gasteiger partial charge < -0.3 is 11.1 Å². The molecule has 1 aromatic heterocycles. The van der Waals surface area contributed by atoms with Gasteiger partial charge in [-0.2, -0.15) is 0 Å². The third-order valence-electron chi connectivity index (χ3n) is 7.02. The van der Waals surface area contributed by atoms with E-state index >= 15 is 0 Å². The summed E-state index contributed by atoms with van der Waals surface area (Å²) in [6.07, 6.45) is 4.09. The maximum atomic E-state index is 13.5. The molecule has 0 radical (unpaired) electrons. The van der Waals surface area contributed by atoms with Crippen LogP contribution in [0.25, 0.3) is 11.1 Å². The van der Waals surface area contributed by atoms with Gasteiger partial charge >= 0.3 is 0 Å². The van der Waals surface area contributed by atoms with E-state index in [2.05, 4.69) is 41.7 Å². The monoisotopic (exact) mass is 492 g/mol. The largest absolute Gasteiger partial charge is 0.384 e. The van der Waals surface area contributed by atoms with E-state index < -0.39 is 0 Å². The maximum Gasteiger partial charge on any atom is 0.267 e. The Bertz CT molecular complexity index is 1510. The van der Waals surface area contributed by atoms with Crippen molar-refractivity contribution in [2.45, 2.75) is 38.3 Å². The summed E-state index contributed by atoms with van der Waals surface area (Å²) in [5.41, 5.74) is 10.9. The number of nitrogen functional groups attached to an aromatic ring is 1. The van der Waals surface area contributed by atoms with Crippen LogP contribution >= 0.6 is 0 Å². The van der Waals surface area contributed by atoms with Gasteiger partial charge in [0.15, 0.2) is 0 Å². The van der Waals surface area contributed by atoms with Gasteiger partial charge in [-0.3, -0.25) is 24.3 Å². The number of benzene rings is 3.